The molecule has 2 atom stereocenters. The third-order valence-corrected chi connectivity index (χ3v) is 2.05. The lowest BCUT2D eigenvalue weighted by Crippen LogP contribution is -2.44. The van der Waals surface area contributed by atoms with E-state index in [4.69, 9.17) is 10.5 Å². The minimum atomic E-state index is -2.66. The Morgan fingerprint density at radius 2 is 2.27 bits per heavy atom. The maximum absolute atomic E-state index is 12.7. The Balaban J connectivity index is 2.48. The largest absolute Gasteiger partial charge is 0.368 e. The molecule has 4 heteroatoms. The highest BCUT2D eigenvalue weighted by molar-refractivity contribution is 4.82. The molecule has 0 bridgehead atoms. The molecule has 0 aromatic heterocycles. The second-order valence-corrected chi connectivity index (χ2v) is 2.94. The smallest absolute Gasteiger partial charge is 0.273 e. The Labute approximate surface area is 64.7 Å². The summed E-state index contributed by atoms with van der Waals surface area (Å²) in [7, 11) is 0. The monoisotopic (exact) mass is 165 g/mol. The lowest BCUT2D eigenvalue weighted by Gasteiger charge is -2.33. The molecule has 11 heavy (non-hydrogen) atoms. The predicted molar refractivity (Wildman–Crippen MR) is 37.6 cm³/mol. The van der Waals surface area contributed by atoms with Gasteiger partial charge in [0.15, 0.2) is 0 Å². The highest BCUT2D eigenvalue weighted by Gasteiger charge is 2.42. The van der Waals surface area contributed by atoms with Crippen molar-refractivity contribution in [2.24, 2.45) is 5.73 Å². The summed E-state index contributed by atoms with van der Waals surface area (Å²) in [5.74, 6) is -2.66. The summed E-state index contributed by atoms with van der Waals surface area (Å²) >= 11 is 0. The molecule has 1 aliphatic heterocycles. The predicted octanol–water partition coefficient (Wildman–Crippen LogP) is 1.15. The van der Waals surface area contributed by atoms with Crippen LogP contribution in [0.15, 0.2) is 0 Å². The third kappa shape index (κ3) is 1.87. The lowest BCUT2D eigenvalue weighted by molar-refractivity contribution is -0.188. The van der Waals surface area contributed by atoms with Crippen molar-refractivity contribution in [2.45, 2.75) is 37.9 Å². The standard InChI is InChI=1S/C7H13F2NO/c1-5-7(8,9)3-2-6(4-10)11-5/h5-6H,2-4,10H2,1H3. The molecule has 66 valence electrons. The van der Waals surface area contributed by atoms with Crippen molar-refractivity contribution >= 4 is 0 Å². The van der Waals surface area contributed by atoms with E-state index < -0.39 is 12.0 Å². The van der Waals surface area contributed by atoms with Crippen LogP contribution >= 0.6 is 0 Å². The van der Waals surface area contributed by atoms with E-state index in [1.54, 1.807) is 0 Å². The molecule has 0 aliphatic carbocycles. The Morgan fingerprint density at radius 1 is 1.64 bits per heavy atom. The average Bonchev–Trinajstić information content (AvgIpc) is 1.95. The fourth-order valence-electron chi connectivity index (χ4n) is 1.19. The molecule has 2 nitrogen and oxygen atoms in total. The van der Waals surface area contributed by atoms with E-state index in [1.165, 1.54) is 6.92 Å². The van der Waals surface area contributed by atoms with Gasteiger partial charge in [-0.1, -0.05) is 0 Å². The Morgan fingerprint density at radius 3 is 2.73 bits per heavy atom. The minimum absolute atomic E-state index is 0.101. The topological polar surface area (TPSA) is 35.2 Å². The summed E-state index contributed by atoms with van der Waals surface area (Å²) < 4.78 is 30.5. The molecular weight excluding hydrogens is 152 g/mol. The maximum atomic E-state index is 12.7. The maximum Gasteiger partial charge on any atom is 0.273 e. The Kier molecular flexibility index (Phi) is 2.44. The van der Waals surface area contributed by atoms with Crippen LogP contribution in [0.25, 0.3) is 0 Å². The van der Waals surface area contributed by atoms with Crippen LogP contribution in [0.4, 0.5) is 8.78 Å². The highest BCUT2D eigenvalue weighted by Crippen LogP contribution is 2.33. The average molecular weight is 165 g/mol. The first-order chi connectivity index (χ1) is 5.06. The van der Waals surface area contributed by atoms with Gasteiger partial charge < -0.3 is 10.5 Å². The summed E-state index contributed by atoms with van der Waals surface area (Å²) in [6, 6.07) is 0. The van der Waals surface area contributed by atoms with E-state index in [2.05, 4.69) is 0 Å². The second-order valence-electron chi connectivity index (χ2n) is 2.94. The van der Waals surface area contributed by atoms with Crippen molar-refractivity contribution in [3.8, 4) is 0 Å². The van der Waals surface area contributed by atoms with Gasteiger partial charge in [0, 0.05) is 13.0 Å². The molecule has 1 heterocycles. The number of hydrogen-bond donors (Lipinski definition) is 1. The molecule has 0 saturated carbocycles. The zero-order valence-corrected chi connectivity index (χ0v) is 6.52. The van der Waals surface area contributed by atoms with Gasteiger partial charge in [0.2, 0.25) is 0 Å². The highest BCUT2D eigenvalue weighted by atomic mass is 19.3. The quantitative estimate of drug-likeness (QED) is 0.632. The SMILES string of the molecule is CC1OC(CN)CCC1(F)F. The van der Waals surface area contributed by atoms with Crippen LogP contribution < -0.4 is 5.73 Å². The summed E-state index contributed by atoms with van der Waals surface area (Å²) in [4.78, 5) is 0. The molecular formula is C7H13F2NO. The van der Waals surface area contributed by atoms with Gasteiger partial charge in [-0.05, 0) is 13.3 Å². The summed E-state index contributed by atoms with van der Waals surface area (Å²) in [5, 5.41) is 0. The number of halogens is 2. The van der Waals surface area contributed by atoms with Gasteiger partial charge >= 0.3 is 0 Å². The summed E-state index contributed by atoms with van der Waals surface area (Å²) in [6.45, 7) is 1.72. The molecule has 0 radical (unpaired) electrons. The van der Waals surface area contributed by atoms with Crippen molar-refractivity contribution in [3.63, 3.8) is 0 Å². The van der Waals surface area contributed by atoms with Crippen LogP contribution in [-0.2, 0) is 4.74 Å². The molecule has 0 spiro atoms. The van der Waals surface area contributed by atoms with Crippen LogP contribution in [-0.4, -0.2) is 24.7 Å². The molecule has 0 amide bonds. The van der Waals surface area contributed by atoms with Gasteiger partial charge in [-0.15, -0.1) is 0 Å². The Bertz CT molecular complexity index is 140. The molecule has 1 rings (SSSR count). The van der Waals surface area contributed by atoms with E-state index in [0.717, 1.165) is 0 Å². The van der Waals surface area contributed by atoms with Gasteiger partial charge in [-0.2, -0.15) is 0 Å². The van der Waals surface area contributed by atoms with Gasteiger partial charge in [0.05, 0.1) is 6.10 Å². The Hall–Kier alpha value is -0.220. The molecule has 2 unspecified atom stereocenters. The molecule has 1 aliphatic rings. The van der Waals surface area contributed by atoms with Crippen molar-refractivity contribution in [2.75, 3.05) is 6.54 Å². The van der Waals surface area contributed by atoms with E-state index in [1.807, 2.05) is 0 Å². The van der Waals surface area contributed by atoms with Crippen LogP contribution in [0.2, 0.25) is 0 Å². The number of alkyl halides is 2. The van der Waals surface area contributed by atoms with Gasteiger partial charge in [0.1, 0.15) is 6.10 Å². The van der Waals surface area contributed by atoms with Gasteiger partial charge in [-0.25, -0.2) is 8.78 Å². The summed E-state index contributed by atoms with van der Waals surface area (Å²) in [6.07, 6.45) is -0.890. The van der Waals surface area contributed by atoms with E-state index in [-0.39, 0.29) is 12.5 Å². The van der Waals surface area contributed by atoms with Crippen LogP contribution in [0.3, 0.4) is 0 Å². The molecule has 2 N–H and O–H groups in total. The molecule has 0 aromatic carbocycles. The zero-order valence-electron chi connectivity index (χ0n) is 6.52. The third-order valence-electron chi connectivity index (χ3n) is 2.05. The van der Waals surface area contributed by atoms with Crippen LogP contribution in [0.5, 0.6) is 0 Å². The lowest BCUT2D eigenvalue weighted by atomic mass is 10.0. The van der Waals surface area contributed by atoms with Crippen LogP contribution in [0.1, 0.15) is 19.8 Å². The number of ether oxygens (including phenoxy) is 1. The van der Waals surface area contributed by atoms with E-state index in [0.29, 0.717) is 13.0 Å². The van der Waals surface area contributed by atoms with Crippen molar-refractivity contribution in [1.82, 2.24) is 0 Å². The molecule has 0 aromatic rings. The fourth-order valence-corrected chi connectivity index (χ4v) is 1.19. The van der Waals surface area contributed by atoms with Gasteiger partial charge in [-0.3, -0.25) is 0 Å². The van der Waals surface area contributed by atoms with Crippen molar-refractivity contribution in [1.29, 1.82) is 0 Å². The first-order valence-electron chi connectivity index (χ1n) is 3.79. The molecule has 1 fully saturated rings. The number of hydrogen-bond acceptors (Lipinski definition) is 2. The van der Waals surface area contributed by atoms with Crippen molar-refractivity contribution < 1.29 is 13.5 Å². The van der Waals surface area contributed by atoms with E-state index >= 15 is 0 Å². The number of rotatable bonds is 1. The zero-order chi connectivity index (χ0) is 8.48. The summed E-state index contributed by atoms with van der Waals surface area (Å²) in [5.41, 5.74) is 5.28. The van der Waals surface area contributed by atoms with Gasteiger partial charge in [0.25, 0.3) is 5.92 Å². The first kappa shape index (κ1) is 8.87. The normalized spacial score (nSPS) is 37.1. The minimum Gasteiger partial charge on any atom is -0.368 e. The first-order valence-corrected chi connectivity index (χ1v) is 3.79. The van der Waals surface area contributed by atoms with Crippen LogP contribution in [0, 0.1) is 0 Å². The number of nitrogens with two attached hydrogens (primary N) is 1. The molecule has 1 saturated heterocycles. The fraction of sp³-hybridized carbons (Fsp3) is 1.00. The van der Waals surface area contributed by atoms with E-state index in [9.17, 15) is 8.78 Å². The second kappa shape index (κ2) is 3.03. The van der Waals surface area contributed by atoms with Crippen molar-refractivity contribution in [3.05, 3.63) is 0 Å².